The average molecular weight is 437 g/mol. The van der Waals surface area contributed by atoms with Crippen LogP contribution in [-0.4, -0.2) is 36.4 Å². The van der Waals surface area contributed by atoms with Crippen molar-refractivity contribution in [2.75, 3.05) is 11.1 Å². The number of rotatable bonds is 6. The van der Waals surface area contributed by atoms with Gasteiger partial charge in [0, 0.05) is 23.3 Å². The van der Waals surface area contributed by atoms with Crippen LogP contribution in [0.3, 0.4) is 0 Å². The van der Waals surface area contributed by atoms with Gasteiger partial charge in [0.15, 0.2) is 16.1 Å². The summed E-state index contributed by atoms with van der Waals surface area (Å²) in [5, 5.41) is 14.8. The van der Waals surface area contributed by atoms with Gasteiger partial charge in [-0.2, -0.15) is 0 Å². The number of hydrogen-bond acceptors (Lipinski definition) is 7. The second-order valence-corrected chi connectivity index (χ2v) is 8.60. The summed E-state index contributed by atoms with van der Waals surface area (Å²) in [6.45, 7) is 6.02. The van der Waals surface area contributed by atoms with Gasteiger partial charge < -0.3 is 5.32 Å². The molecule has 0 bridgehead atoms. The highest BCUT2D eigenvalue weighted by molar-refractivity contribution is 7.99. The molecule has 152 valence electrons. The standard InChI is InChI=1S/C21H20N6OS2/c1-13-4-5-17(14(2)10-13)27-19(16-6-8-22-9-7-16)25-26-21(27)30-12-18(28)24-20-23-15(3)11-29-20/h4-11H,12H2,1-3H3,(H,23,24,28). The molecule has 0 aliphatic carbocycles. The average Bonchev–Trinajstić information content (AvgIpc) is 3.33. The first kappa shape index (κ1) is 20.2. The van der Waals surface area contributed by atoms with Crippen molar-refractivity contribution >= 4 is 34.1 Å². The molecule has 0 radical (unpaired) electrons. The number of hydrogen-bond donors (Lipinski definition) is 1. The topological polar surface area (TPSA) is 85.6 Å². The fourth-order valence-electron chi connectivity index (χ4n) is 3.02. The van der Waals surface area contributed by atoms with Crippen LogP contribution in [0.4, 0.5) is 5.13 Å². The quantitative estimate of drug-likeness (QED) is 0.450. The molecule has 4 rings (SSSR count). The maximum absolute atomic E-state index is 12.4. The molecule has 0 spiro atoms. The maximum Gasteiger partial charge on any atom is 0.236 e. The fraction of sp³-hybridized carbons (Fsp3) is 0.190. The summed E-state index contributed by atoms with van der Waals surface area (Å²) in [6.07, 6.45) is 3.46. The minimum absolute atomic E-state index is 0.130. The van der Waals surface area contributed by atoms with Crippen molar-refractivity contribution in [3.05, 3.63) is 64.9 Å². The number of amides is 1. The molecule has 0 unspecified atom stereocenters. The van der Waals surface area contributed by atoms with E-state index in [1.807, 2.05) is 29.0 Å². The van der Waals surface area contributed by atoms with Gasteiger partial charge in [-0.05, 0) is 44.5 Å². The predicted octanol–water partition coefficient (Wildman–Crippen LogP) is 4.44. The molecule has 7 nitrogen and oxygen atoms in total. The maximum atomic E-state index is 12.4. The van der Waals surface area contributed by atoms with E-state index in [-0.39, 0.29) is 11.7 Å². The minimum atomic E-state index is -0.130. The van der Waals surface area contributed by atoms with Crippen LogP contribution in [0.5, 0.6) is 0 Å². The summed E-state index contributed by atoms with van der Waals surface area (Å²) < 4.78 is 2.00. The predicted molar refractivity (Wildman–Crippen MR) is 120 cm³/mol. The van der Waals surface area contributed by atoms with Crippen molar-refractivity contribution in [3.8, 4) is 17.1 Å². The monoisotopic (exact) mass is 436 g/mol. The Balaban J connectivity index is 1.64. The van der Waals surface area contributed by atoms with Crippen LogP contribution in [0.25, 0.3) is 17.1 Å². The van der Waals surface area contributed by atoms with Gasteiger partial charge in [-0.25, -0.2) is 4.98 Å². The Labute approximate surface area is 182 Å². The third-order valence-electron chi connectivity index (χ3n) is 4.36. The Morgan fingerprint density at radius 1 is 1.13 bits per heavy atom. The van der Waals surface area contributed by atoms with Crippen molar-refractivity contribution in [3.63, 3.8) is 0 Å². The molecule has 9 heteroatoms. The summed E-state index contributed by atoms with van der Waals surface area (Å²) in [5.74, 6) is 0.788. The number of benzene rings is 1. The van der Waals surface area contributed by atoms with E-state index >= 15 is 0 Å². The Morgan fingerprint density at radius 3 is 2.63 bits per heavy atom. The van der Waals surface area contributed by atoms with Crippen molar-refractivity contribution in [1.29, 1.82) is 0 Å². The number of thioether (sulfide) groups is 1. The molecular formula is C21H20N6OS2. The van der Waals surface area contributed by atoms with Crippen molar-refractivity contribution in [2.24, 2.45) is 0 Å². The van der Waals surface area contributed by atoms with Crippen molar-refractivity contribution in [1.82, 2.24) is 24.7 Å². The largest absolute Gasteiger partial charge is 0.301 e. The number of carbonyl (C=O) groups is 1. The molecule has 4 aromatic rings. The number of aryl methyl sites for hydroxylation is 3. The van der Waals surface area contributed by atoms with Crippen LogP contribution >= 0.6 is 23.1 Å². The number of carbonyl (C=O) groups excluding carboxylic acids is 1. The molecule has 0 saturated carbocycles. The number of anilines is 1. The first-order valence-electron chi connectivity index (χ1n) is 9.29. The second-order valence-electron chi connectivity index (χ2n) is 6.80. The van der Waals surface area contributed by atoms with Gasteiger partial charge in [0.25, 0.3) is 0 Å². The summed E-state index contributed by atoms with van der Waals surface area (Å²) in [7, 11) is 0. The van der Waals surface area contributed by atoms with Gasteiger partial charge in [0.2, 0.25) is 5.91 Å². The van der Waals surface area contributed by atoms with E-state index < -0.39 is 0 Å². The number of nitrogens with one attached hydrogen (secondary N) is 1. The zero-order valence-electron chi connectivity index (χ0n) is 16.8. The number of nitrogens with zero attached hydrogens (tertiary/aromatic N) is 5. The van der Waals surface area contributed by atoms with E-state index in [1.54, 1.807) is 12.4 Å². The highest BCUT2D eigenvalue weighted by Gasteiger charge is 2.19. The molecule has 3 heterocycles. The highest BCUT2D eigenvalue weighted by Crippen LogP contribution is 2.29. The zero-order chi connectivity index (χ0) is 21.1. The number of thiazole rings is 1. The third-order valence-corrected chi connectivity index (χ3v) is 6.17. The van der Waals surface area contributed by atoms with E-state index in [4.69, 9.17) is 0 Å². The molecule has 0 atom stereocenters. The van der Waals surface area contributed by atoms with Crippen LogP contribution in [0.2, 0.25) is 0 Å². The normalized spacial score (nSPS) is 10.9. The number of pyridine rings is 1. The summed E-state index contributed by atoms with van der Waals surface area (Å²) in [4.78, 5) is 20.8. The van der Waals surface area contributed by atoms with Crippen LogP contribution < -0.4 is 5.32 Å². The van der Waals surface area contributed by atoms with E-state index in [9.17, 15) is 4.79 Å². The van der Waals surface area contributed by atoms with Gasteiger partial charge >= 0.3 is 0 Å². The van der Waals surface area contributed by atoms with Gasteiger partial charge in [0.05, 0.1) is 17.1 Å². The van der Waals surface area contributed by atoms with Gasteiger partial charge in [-0.3, -0.25) is 14.3 Å². The van der Waals surface area contributed by atoms with Crippen LogP contribution in [0.15, 0.2) is 53.3 Å². The lowest BCUT2D eigenvalue weighted by molar-refractivity contribution is -0.113. The molecule has 0 aliphatic rings. The molecule has 1 N–H and O–H groups in total. The van der Waals surface area contributed by atoms with Crippen LogP contribution in [0, 0.1) is 20.8 Å². The zero-order valence-corrected chi connectivity index (χ0v) is 18.4. The first-order chi connectivity index (χ1) is 14.5. The molecular weight excluding hydrogens is 416 g/mol. The Kier molecular flexibility index (Phi) is 5.91. The van der Waals surface area contributed by atoms with Gasteiger partial charge in [-0.1, -0.05) is 29.5 Å². The first-order valence-corrected chi connectivity index (χ1v) is 11.2. The lowest BCUT2D eigenvalue weighted by Crippen LogP contribution is -2.14. The Morgan fingerprint density at radius 2 is 1.93 bits per heavy atom. The van der Waals surface area contributed by atoms with Gasteiger partial charge in [-0.15, -0.1) is 21.5 Å². The lowest BCUT2D eigenvalue weighted by atomic mass is 10.1. The molecule has 1 aromatic carbocycles. The fourth-order valence-corrected chi connectivity index (χ4v) is 4.47. The molecule has 3 aromatic heterocycles. The Bertz CT molecular complexity index is 1190. The SMILES string of the molecule is Cc1ccc(-n2c(SCC(=O)Nc3nc(C)cs3)nnc2-c2ccncc2)c(C)c1. The summed E-state index contributed by atoms with van der Waals surface area (Å²) in [6, 6.07) is 10.0. The summed E-state index contributed by atoms with van der Waals surface area (Å²) >= 11 is 2.76. The minimum Gasteiger partial charge on any atom is -0.301 e. The second kappa shape index (κ2) is 8.76. The molecule has 30 heavy (non-hydrogen) atoms. The third kappa shape index (κ3) is 4.42. The number of aromatic nitrogens is 5. The summed E-state index contributed by atoms with van der Waals surface area (Å²) in [5.41, 5.74) is 5.07. The Hall–Kier alpha value is -3.04. The van der Waals surface area contributed by atoms with Crippen molar-refractivity contribution < 1.29 is 4.79 Å². The molecule has 0 aliphatic heterocycles. The molecule has 0 saturated heterocycles. The lowest BCUT2D eigenvalue weighted by Gasteiger charge is -2.13. The van der Waals surface area contributed by atoms with E-state index in [0.717, 1.165) is 22.5 Å². The van der Waals surface area contributed by atoms with Crippen molar-refractivity contribution in [2.45, 2.75) is 25.9 Å². The smallest absolute Gasteiger partial charge is 0.236 e. The van der Waals surface area contributed by atoms with Gasteiger partial charge in [0.1, 0.15) is 0 Å². The molecule has 1 amide bonds. The highest BCUT2D eigenvalue weighted by atomic mass is 32.2. The van der Waals surface area contributed by atoms with E-state index in [2.05, 4.69) is 57.5 Å². The molecule has 0 fully saturated rings. The van der Waals surface area contributed by atoms with Crippen LogP contribution in [0.1, 0.15) is 16.8 Å². The van der Waals surface area contributed by atoms with E-state index in [0.29, 0.717) is 16.1 Å². The van der Waals surface area contributed by atoms with Crippen LogP contribution in [-0.2, 0) is 4.79 Å². The van der Waals surface area contributed by atoms with E-state index in [1.165, 1.54) is 28.7 Å².